The Labute approximate surface area is 109 Å². The number of aromatic nitrogens is 1. The summed E-state index contributed by atoms with van der Waals surface area (Å²) in [6, 6.07) is 7.91. The van der Waals surface area contributed by atoms with E-state index in [4.69, 9.17) is 11.6 Å². The van der Waals surface area contributed by atoms with E-state index >= 15 is 0 Å². The van der Waals surface area contributed by atoms with Crippen LogP contribution in [-0.2, 0) is 0 Å². The predicted molar refractivity (Wildman–Crippen MR) is 70.0 cm³/mol. The van der Waals surface area contributed by atoms with Crippen molar-refractivity contribution >= 4 is 23.2 Å². The maximum absolute atomic E-state index is 11.9. The largest absolute Gasteiger partial charge is 0.508 e. The third kappa shape index (κ3) is 2.78. The lowest BCUT2D eigenvalue weighted by Gasteiger charge is -2.06. The second-order valence-electron chi connectivity index (χ2n) is 3.81. The average molecular weight is 263 g/mol. The van der Waals surface area contributed by atoms with Gasteiger partial charge in [0.25, 0.3) is 5.91 Å². The molecule has 0 spiro atoms. The third-order valence-electron chi connectivity index (χ3n) is 2.41. The lowest BCUT2D eigenvalue weighted by Crippen LogP contribution is -2.13. The first-order valence-electron chi connectivity index (χ1n) is 5.29. The standard InChI is InChI=1S/C13H11ClN2O2/c1-8-6-10(2-3-12(8)17)16-13(18)11-7-9(14)4-5-15-11/h2-7,17H,1H3,(H,16,18). The highest BCUT2D eigenvalue weighted by atomic mass is 35.5. The SMILES string of the molecule is Cc1cc(NC(=O)c2cc(Cl)ccn2)ccc1O. The minimum atomic E-state index is -0.345. The summed E-state index contributed by atoms with van der Waals surface area (Å²) in [6.45, 7) is 1.75. The van der Waals surface area contributed by atoms with E-state index in [1.54, 1.807) is 25.1 Å². The van der Waals surface area contributed by atoms with Gasteiger partial charge in [-0.3, -0.25) is 9.78 Å². The highest BCUT2D eigenvalue weighted by molar-refractivity contribution is 6.30. The number of hydrogen-bond acceptors (Lipinski definition) is 3. The summed E-state index contributed by atoms with van der Waals surface area (Å²) >= 11 is 5.78. The molecule has 1 aromatic carbocycles. The van der Waals surface area contributed by atoms with Gasteiger partial charge in [-0.25, -0.2) is 0 Å². The van der Waals surface area contributed by atoms with Gasteiger partial charge in [-0.15, -0.1) is 0 Å². The number of aromatic hydroxyl groups is 1. The van der Waals surface area contributed by atoms with E-state index < -0.39 is 0 Å². The zero-order valence-corrected chi connectivity index (χ0v) is 10.4. The maximum Gasteiger partial charge on any atom is 0.274 e. The van der Waals surface area contributed by atoms with E-state index in [0.717, 1.165) is 0 Å². The number of nitrogens with one attached hydrogen (secondary N) is 1. The van der Waals surface area contributed by atoms with E-state index in [1.165, 1.54) is 18.3 Å². The van der Waals surface area contributed by atoms with Gasteiger partial charge < -0.3 is 10.4 Å². The number of rotatable bonds is 2. The number of hydrogen-bond donors (Lipinski definition) is 2. The minimum Gasteiger partial charge on any atom is -0.508 e. The molecule has 5 heteroatoms. The molecule has 0 radical (unpaired) electrons. The van der Waals surface area contributed by atoms with E-state index in [-0.39, 0.29) is 17.4 Å². The van der Waals surface area contributed by atoms with Crippen molar-refractivity contribution in [3.05, 3.63) is 52.8 Å². The van der Waals surface area contributed by atoms with E-state index in [9.17, 15) is 9.90 Å². The first kappa shape index (κ1) is 12.4. The van der Waals surface area contributed by atoms with Crippen molar-refractivity contribution in [2.24, 2.45) is 0 Å². The van der Waals surface area contributed by atoms with Crippen LogP contribution in [0.1, 0.15) is 16.1 Å². The van der Waals surface area contributed by atoms with Gasteiger partial charge in [-0.05, 0) is 42.8 Å². The Kier molecular flexibility index (Phi) is 3.48. The molecule has 0 saturated carbocycles. The molecule has 4 nitrogen and oxygen atoms in total. The zero-order valence-electron chi connectivity index (χ0n) is 9.64. The maximum atomic E-state index is 11.9. The molecule has 18 heavy (non-hydrogen) atoms. The molecule has 0 aliphatic carbocycles. The Morgan fingerprint density at radius 2 is 2.11 bits per heavy atom. The number of benzene rings is 1. The number of halogens is 1. The van der Waals surface area contributed by atoms with Crippen LogP contribution in [0.15, 0.2) is 36.5 Å². The molecule has 0 unspecified atom stereocenters. The monoisotopic (exact) mass is 262 g/mol. The molecule has 0 fully saturated rings. The van der Waals surface area contributed by atoms with Crippen LogP contribution in [0.25, 0.3) is 0 Å². The van der Waals surface area contributed by atoms with Crippen LogP contribution < -0.4 is 5.32 Å². The van der Waals surface area contributed by atoms with Crippen molar-refractivity contribution in [1.82, 2.24) is 4.98 Å². The molecule has 1 aromatic heterocycles. The second-order valence-corrected chi connectivity index (χ2v) is 4.25. The van der Waals surface area contributed by atoms with Crippen LogP contribution in [0, 0.1) is 6.92 Å². The van der Waals surface area contributed by atoms with Gasteiger partial charge in [0.2, 0.25) is 0 Å². The molecule has 0 atom stereocenters. The average Bonchev–Trinajstić information content (AvgIpc) is 2.34. The lowest BCUT2D eigenvalue weighted by molar-refractivity contribution is 0.102. The van der Waals surface area contributed by atoms with Gasteiger partial charge in [0.15, 0.2) is 0 Å². The minimum absolute atomic E-state index is 0.189. The molecule has 2 rings (SSSR count). The fourth-order valence-corrected chi connectivity index (χ4v) is 1.62. The first-order chi connectivity index (χ1) is 8.56. The van der Waals surface area contributed by atoms with Gasteiger partial charge in [-0.1, -0.05) is 11.6 Å². The van der Waals surface area contributed by atoms with Crippen LogP contribution in [0.5, 0.6) is 5.75 Å². The van der Waals surface area contributed by atoms with E-state index in [1.807, 2.05) is 0 Å². The molecule has 0 bridgehead atoms. The van der Waals surface area contributed by atoms with Crippen molar-refractivity contribution in [3.8, 4) is 5.75 Å². The first-order valence-corrected chi connectivity index (χ1v) is 5.66. The Bertz CT molecular complexity index is 599. The molecule has 2 aromatic rings. The molecular weight excluding hydrogens is 252 g/mol. The highest BCUT2D eigenvalue weighted by Gasteiger charge is 2.08. The fraction of sp³-hybridized carbons (Fsp3) is 0.0769. The third-order valence-corrected chi connectivity index (χ3v) is 2.64. The number of carbonyl (C=O) groups excluding carboxylic acids is 1. The normalized spacial score (nSPS) is 10.1. The summed E-state index contributed by atoms with van der Waals surface area (Å²) in [6.07, 6.45) is 1.47. The van der Waals surface area contributed by atoms with Gasteiger partial charge >= 0.3 is 0 Å². The number of pyridine rings is 1. The summed E-state index contributed by atoms with van der Waals surface area (Å²) in [5.74, 6) is -0.156. The Morgan fingerprint density at radius 3 is 2.78 bits per heavy atom. The molecule has 2 N–H and O–H groups in total. The van der Waals surface area contributed by atoms with Crippen molar-refractivity contribution in [2.75, 3.05) is 5.32 Å². The lowest BCUT2D eigenvalue weighted by atomic mass is 10.2. The Balaban J connectivity index is 2.18. The topological polar surface area (TPSA) is 62.2 Å². The molecule has 0 saturated heterocycles. The van der Waals surface area contributed by atoms with Crippen LogP contribution in [0.2, 0.25) is 5.02 Å². The smallest absolute Gasteiger partial charge is 0.274 e. The number of aryl methyl sites for hydroxylation is 1. The number of anilines is 1. The number of amides is 1. The second kappa shape index (κ2) is 5.06. The zero-order chi connectivity index (χ0) is 13.1. The number of nitrogens with zero attached hydrogens (tertiary/aromatic N) is 1. The molecule has 92 valence electrons. The van der Waals surface area contributed by atoms with Crippen molar-refractivity contribution in [1.29, 1.82) is 0 Å². The molecule has 0 aliphatic heterocycles. The molecule has 1 heterocycles. The van der Waals surface area contributed by atoms with Crippen molar-refractivity contribution < 1.29 is 9.90 Å². The molecule has 1 amide bonds. The summed E-state index contributed by atoms with van der Waals surface area (Å²) in [5, 5.41) is 12.5. The quantitative estimate of drug-likeness (QED) is 0.818. The van der Waals surface area contributed by atoms with Gasteiger partial charge in [0, 0.05) is 16.9 Å². The van der Waals surface area contributed by atoms with Gasteiger partial charge in [0.1, 0.15) is 11.4 Å². The van der Waals surface area contributed by atoms with E-state index in [0.29, 0.717) is 16.3 Å². The van der Waals surface area contributed by atoms with Crippen LogP contribution in [-0.4, -0.2) is 16.0 Å². The van der Waals surface area contributed by atoms with Gasteiger partial charge in [0.05, 0.1) is 0 Å². The highest BCUT2D eigenvalue weighted by Crippen LogP contribution is 2.20. The fourth-order valence-electron chi connectivity index (χ4n) is 1.46. The summed E-state index contributed by atoms with van der Waals surface area (Å²) < 4.78 is 0. The molecule has 0 aliphatic rings. The van der Waals surface area contributed by atoms with E-state index in [2.05, 4.69) is 10.3 Å². The number of phenols is 1. The number of phenolic OH excluding ortho intramolecular Hbond substituents is 1. The van der Waals surface area contributed by atoms with Crippen molar-refractivity contribution in [2.45, 2.75) is 6.92 Å². The summed E-state index contributed by atoms with van der Waals surface area (Å²) in [7, 11) is 0. The molecular formula is C13H11ClN2O2. The summed E-state index contributed by atoms with van der Waals surface area (Å²) in [5.41, 5.74) is 1.53. The predicted octanol–water partition coefficient (Wildman–Crippen LogP) is 3.00. The van der Waals surface area contributed by atoms with Crippen LogP contribution >= 0.6 is 11.6 Å². The Morgan fingerprint density at radius 1 is 1.33 bits per heavy atom. The van der Waals surface area contributed by atoms with Crippen LogP contribution in [0.4, 0.5) is 5.69 Å². The van der Waals surface area contributed by atoms with Gasteiger partial charge in [-0.2, -0.15) is 0 Å². The Hall–Kier alpha value is -2.07. The summed E-state index contributed by atoms with van der Waals surface area (Å²) in [4.78, 5) is 15.8. The van der Waals surface area contributed by atoms with Crippen molar-refractivity contribution in [3.63, 3.8) is 0 Å². The number of carbonyl (C=O) groups is 1. The van der Waals surface area contributed by atoms with Crippen LogP contribution in [0.3, 0.4) is 0 Å².